The van der Waals surface area contributed by atoms with Crippen LogP contribution in [0.4, 0.5) is 0 Å². The third-order valence-corrected chi connectivity index (χ3v) is 3.49. The molecule has 3 rings (SSSR count). The van der Waals surface area contributed by atoms with Crippen molar-refractivity contribution in [1.82, 2.24) is 20.5 Å². The maximum Gasteiger partial charge on any atom is 0.266 e. The van der Waals surface area contributed by atoms with Crippen LogP contribution >= 0.6 is 0 Å². The summed E-state index contributed by atoms with van der Waals surface area (Å²) in [7, 11) is 0. The van der Waals surface area contributed by atoms with Gasteiger partial charge in [-0.05, 0) is 24.6 Å². The number of aryl methyl sites for hydroxylation is 2. The molecule has 122 valence electrons. The largest absolute Gasteiger partial charge is 0.419 e. The zero-order valence-corrected chi connectivity index (χ0v) is 13.4. The van der Waals surface area contributed by atoms with Gasteiger partial charge in [-0.3, -0.25) is 9.78 Å². The molecule has 0 aliphatic rings. The Morgan fingerprint density at radius 2 is 2.08 bits per heavy atom. The quantitative estimate of drug-likeness (QED) is 0.754. The highest BCUT2D eigenvalue weighted by molar-refractivity contribution is 5.76. The van der Waals surface area contributed by atoms with Crippen LogP contribution in [-0.4, -0.2) is 21.1 Å². The molecule has 0 unspecified atom stereocenters. The Morgan fingerprint density at radius 1 is 1.17 bits per heavy atom. The summed E-state index contributed by atoms with van der Waals surface area (Å²) in [4.78, 5) is 16.1. The van der Waals surface area contributed by atoms with Crippen LogP contribution in [0, 0.1) is 6.92 Å². The van der Waals surface area contributed by atoms with Gasteiger partial charge in [-0.15, -0.1) is 10.2 Å². The first-order valence-corrected chi connectivity index (χ1v) is 7.77. The standard InChI is InChI=1S/C18H18N4O2/c1-13-5-4-6-14(11-13)12-20-16(23)8-9-17-21-22-18(24-17)15-7-2-3-10-19-15/h2-7,10-11H,8-9,12H2,1H3,(H,20,23). The number of carbonyl (C=O) groups excluding carboxylic acids is 1. The number of rotatable bonds is 6. The maximum absolute atomic E-state index is 11.9. The minimum Gasteiger partial charge on any atom is -0.419 e. The predicted octanol–water partition coefficient (Wildman–Crippen LogP) is 2.69. The molecule has 6 heteroatoms. The van der Waals surface area contributed by atoms with Crippen molar-refractivity contribution in [3.05, 3.63) is 65.7 Å². The van der Waals surface area contributed by atoms with Crippen molar-refractivity contribution in [3.63, 3.8) is 0 Å². The maximum atomic E-state index is 11.9. The first-order valence-electron chi connectivity index (χ1n) is 7.77. The molecular formula is C18H18N4O2. The summed E-state index contributed by atoms with van der Waals surface area (Å²) in [6.45, 7) is 2.55. The predicted molar refractivity (Wildman–Crippen MR) is 88.9 cm³/mol. The van der Waals surface area contributed by atoms with Crippen LogP contribution in [-0.2, 0) is 17.8 Å². The molecule has 0 saturated carbocycles. The molecule has 24 heavy (non-hydrogen) atoms. The molecule has 2 heterocycles. The number of nitrogens with one attached hydrogen (secondary N) is 1. The summed E-state index contributed by atoms with van der Waals surface area (Å²) in [5.74, 6) is 0.751. The van der Waals surface area contributed by atoms with Crippen LogP contribution in [0.2, 0.25) is 0 Å². The van der Waals surface area contributed by atoms with Gasteiger partial charge in [0.1, 0.15) is 5.69 Å². The second kappa shape index (κ2) is 7.50. The molecule has 0 aliphatic heterocycles. The fourth-order valence-electron chi connectivity index (χ4n) is 2.28. The smallest absolute Gasteiger partial charge is 0.266 e. The molecule has 0 bridgehead atoms. The van der Waals surface area contributed by atoms with E-state index in [1.165, 1.54) is 5.56 Å². The number of benzene rings is 1. The Morgan fingerprint density at radius 3 is 2.88 bits per heavy atom. The number of nitrogens with zero attached hydrogens (tertiary/aromatic N) is 3. The van der Waals surface area contributed by atoms with Crippen molar-refractivity contribution in [1.29, 1.82) is 0 Å². The molecule has 6 nitrogen and oxygen atoms in total. The summed E-state index contributed by atoms with van der Waals surface area (Å²) in [5, 5.41) is 10.8. The molecule has 1 amide bonds. The van der Waals surface area contributed by atoms with E-state index in [0.717, 1.165) is 5.56 Å². The van der Waals surface area contributed by atoms with Crippen molar-refractivity contribution in [3.8, 4) is 11.6 Å². The normalized spacial score (nSPS) is 10.5. The second-order valence-corrected chi connectivity index (χ2v) is 5.48. The first kappa shape index (κ1) is 15.9. The SMILES string of the molecule is Cc1cccc(CNC(=O)CCc2nnc(-c3ccccn3)o2)c1. The highest BCUT2D eigenvalue weighted by atomic mass is 16.4. The van der Waals surface area contributed by atoms with Gasteiger partial charge in [0.15, 0.2) is 0 Å². The minimum atomic E-state index is -0.0471. The Labute approximate surface area is 140 Å². The fourth-order valence-corrected chi connectivity index (χ4v) is 2.28. The summed E-state index contributed by atoms with van der Waals surface area (Å²) in [6, 6.07) is 13.5. The van der Waals surface area contributed by atoms with Crippen molar-refractivity contribution in [2.45, 2.75) is 26.3 Å². The van der Waals surface area contributed by atoms with Crippen LogP contribution < -0.4 is 5.32 Å². The van der Waals surface area contributed by atoms with Gasteiger partial charge in [0, 0.05) is 25.6 Å². The van der Waals surface area contributed by atoms with Crippen LogP contribution in [0.3, 0.4) is 0 Å². The van der Waals surface area contributed by atoms with E-state index in [1.54, 1.807) is 12.3 Å². The average molecular weight is 322 g/mol. The average Bonchev–Trinajstić information content (AvgIpc) is 3.08. The molecule has 0 atom stereocenters. The topological polar surface area (TPSA) is 80.9 Å². The highest BCUT2D eigenvalue weighted by Gasteiger charge is 2.11. The second-order valence-electron chi connectivity index (χ2n) is 5.48. The Kier molecular flexibility index (Phi) is 4.96. The van der Waals surface area contributed by atoms with Gasteiger partial charge in [-0.1, -0.05) is 35.9 Å². The summed E-state index contributed by atoms with van der Waals surface area (Å²) in [5.41, 5.74) is 2.88. The minimum absolute atomic E-state index is 0.0471. The monoisotopic (exact) mass is 322 g/mol. The van der Waals surface area contributed by atoms with E-state index >= 15 is 0 Å². The molecule has 1 aromatic carbocycles. The Bertz CT molecular complexity index is 815. The Hall–Kier alpha value is -3.02. The highest BCUT2D eigenvalue weighted by Crippen LogP contribution is 2.14. The number of amides is 1. The lowest BCUT2D eigenvalue weighted by Crippen LogP contribution is -2.23. The van der Waals surface area contributed by atoms with Gasteiger partial charge < -0.3 is 9.73 Å². The number of aromatic nitrogens is 3. The third kappa shape index (κ3) is 4.25. The summed E-state index contributed by atoms with van der Waals surface area (Å²) in [6.07, 6.45) is 2.37. The van der Waals surface area contributed by atoms with E-state index in [-0.39, 0.29) is 5.91 Å². The van der Waals surface area contributed by atoms with Gasteiger partial charge in [0.05, 0.1) is 0 Å². The summed E-state index contributed by atoms with van der Waals surface area (Å²) < 4.78 is 5.53. The van der Waals surface area contributed by atoms with E-state index in [4.69, 9.17) is 4.42 Å². The van der Waals surface area contributed by atoms with Gasteiger partial charge >= 0.3 is 0 Å². The molecule has 2 aromatic heterocycles. The lowest BCUT2D eigenvalue weighted by molar-refractivity contribution is -0.121. The Balaban J connectivity index is 1.49. The molecule has 0 aliphatic carbocycles. The van der Waals surface area contributed by atoms with Gasteiger partial charge in [-0.25, -0.2) is 0 Å². The lowest BCUT2D eigenvalue weighted by atomic mass is 10.1. The van der Waals surface area contributed by atoms with Gasteiger partial charge in [0.2, 0.25) is 11.8 Å². The van der Waals surface area contributed by atoms with E-state index in [9.17, 15) is 4.79 Å². The van der Waals surface area contributed by atoms with Crippen LogP contribution in [0.1, 0.15) is 23.4 Å². The molecule has 0 spiro atoms. The van der Waals surface area contributed by atoms with Crippen molar-refractivity contribution in [2.24, 2.45) is 0 Å². The van der Waals surface area contributed by atoms with Crippen LogP contribution in [0.15, 0.2) is 53.1 Å². The molecule has 0 fully saturated rings. The molecular weight excluding hydrogens is 304 g/mol. The fraction of sp³-hybridized carbons (Fsp3) is 0.222. The third-order valence-electron chi connectivity index (χ3n) is 3.49. The number of hydrogen-bond acceptors (Lipinski definition) is 5. The van der Waals surface area contributed by atoms with Crippen LogP contribution in [0.5, 0.6) is 0 Å². The van der Waals surface area contributed by atoms with Gasteiger partial charge in [0.25, 0.3) is 5.89 Å². The molecule has 0 saturated heterocycles. The lowest BCUT2D eigenvalue weighted by Gasteiger charge is -2.05. The first-order chi connectivity index (χ1) is 11.7. The number of carbonyl (C=O) groups is 1. The number of hydrogen-bond donors (Lipinski definition) is 1. The molecule has 0 radical (unpaired) electrons. The van der Waals surface area contributed by atoms with Crippen molar-refractivity contribution in [2.75, 3.05) is 0 Å². The van der Waals surface area contributed by atoms with Gasteiger partial charge in [-0.2, -0.15) is 0 Å². The summed E-state index contributed by atoms with van der Waals surface area (Å²) >= 11 is 0. The van der Waals surface area contributed by atoms with E-state index in [0.29, 0.717) is 36.9 Å². The molecule has 1 N–H and O–H groups in total. The zero-order chi connectivity index (χ0) is 16.8. The van der Waals surface area contributed by atoms with E-state index < -0.39 is 0 Å². The van der Waals surface area contributed by atoms with Crippen molar-refractivity contribution >= 4 is 5.91 Å². The van der Waals surface area contributed by atoms with Crippen molar-refractivity contribution < 1.29 is 9.21 Å². The zero-order valence-electron chi connectivity index (χ0n) is 13.4. The molecule has 3 aromatic rings. The van der Waals surface area contributed by atoms with E-state index in [1.807, 2.05) is 37.3 Å². The van der Waals surface area contributed by atoms with E-state index in [2.05, 4.69) is 26.6 Å². The van der Waals surface area contributed by atoms with Crippen LogP contribution in [0.25, 0.3) is 11.6 Å². The number of pyridine rings is 1.